The van der Waals surface area contributed by atoms with Gasteiger partial charge >= 0.3 is 0 Å². The first-order valence-corrected chi connectivity index (χ1v) is 7.66. The molecule has 0 spiro atoms. The number of likely N-dealkylation sites (tertiary alicyclic amines) is 1. The van der Waals surface area contributed by atoms with Gasteiger partial charge in [-0.05, 0) is 13.2 Å². The van der Waals surface area contributed by atoms with Crippen LogP contribution in [0.4, 0.5) is 0 Å². The molecule has 1 aliphatic rings. The van der Waals surface area contributed by atoms with Crippen molar-refractivity contribution in [2.45, 2.75) is 37.5 Å². The van der Waals surface area contributed by atoms with Crippen LogP contribution < -0.4 is 0 Å². The van der Waals surface area contributed by atoms with Gasteiger partial charge in [-0.3, -0.25) is 4.79 Å². The number of hydrogen-bond donors (Lipinski definition) is 1. The van der Waals surface area contributed by atoms with E-state index in [1.807, 2.05) is 20.1 Å². The molecule has 0 unspecified atom stereocenters. The van der Waals surface area contributed by atoms with Gasteiger partial charge in [0.05, 0.1) is 11.8 Å². The quantitative estimate of drug-likeness (QED) is 0.881. The molecule has 1 aromatic heterocycles. The molecule has 1 saturated heterocycles. The molecule has 0 radical (unpaired) electrons. The second kappa shape index (κ2) is 5.50. The van der Waals surface area contributed by atoms with Crippen LogP contribution in [0.3, 0.4) is 0 Å². The second-order valence-corrected chi connectivity index (χ2v) is 5.97. The Bertz CT molecular complexity index is 465. The van der Waals surface area contributed by atoms with E-state index in [0.29, 0.717) is 25.2 Å². The summed E-state index contributed by atoms with van der Waals surface area (Å²) >= 11 is 1.50. The van der Waals surface area contributed by atoms with E-state index in [1.54, 1.807) is 4.90 Å². The van der Waals surface area contributed by atoms with Gasteiger partial charge in [0.2, 0.25) is 5.91 Å². The summed E-state index contributed by atoms with van der Waals surface area (Å²) in [5.74, 6) is 0.834. The number of aliphatic hydroxyl groups is 1. The molecule has 1 fully saturated rings. The number of aromatic nitrogens is 2. The smallest absolute Gasteiger partial charge is 0.260 e. The molecule has 19 heavy (non-hydrogen) atoms. The van der Waals surface area contributed by atoms with Crippen LogP contribution in [-0.2, 0) is 16.8 Å². The van der Waals surface area contributed by atoms with Crippen molar-refractivity contribution >= 4 is 17.7 Å². The Balaban J connectivity index is 2.09. The van der Waals surface area contributed by atoms with Crippen molar-refractivity contribution in [3.63, 3.8) is 0 Å². The molecule has 106 valence electrons. The summed E-state index contributed by atoms with van der Waals surface area (Å²) in [4.78, 5) is 17.9. The lowest BCUT2D eigenvalue weighted by molar-refractivity contribution is -0.130. The third kappa shape index (κ3) is 2.76. The van der Waals surface area contributed by atoms with Crippen LogP contribution in [0, 0.1) is 0 Å². The highest BCUT2D eigenvalue weighted by atomic mass is 32.2. The summed E-state index contributed by atoms with van der Waals surface area (Å²) in [5.41, 5.74) is -1.20. The average molecular weight is 285 g/mol. The molecular weight excluding hydrogens is 266 g/mol. The number of carbonyl (C=O) groups excluding carboxylic acids is 1. The minimum Gasteiger partial charge on any atom is -0.378 e. The van der Waals surface area contributed by atoms with E-state index in [4.69, 9.17) is 4.52 Å². The third-order valence-corrected chi connectivity index (χ3v) is 4.35. The second-order valence-electron chi connectivity index (χ2n) is 4.79. The van der Waals surface area contributed by atoms with Gasteiger partial charge in [0.1, 0.15) is 0 Å². The minimum atomic E-state index is -1.20. The van der Waals surface area contributed by atoms with Crippen molar-refractivity contribution < 1.29 is 14.4 Å². The lowest BCUT2D eigenvalue weighted by atomic mass is 10.0. The average Bonchev–Trinajstić information content (AvgIpc) is 3.04. The maximum atomic E-state index is 12.1. The van der Waals surface area contributed by atoms with Crippen molar-refractivity contribution in [1.29, 1.82) is 0 Å². The number of β-amino-alcohol motifs (C(OH)–C–C–N with tert-alkyl or cyclic N) is 1. The molecule has 1 N–H and O–H groups in total. The van der Waals surface area contributed by atoms with Crippen LogP contribution in [0.5, 0.6) is 0 Å². The number of rotatable bonds is 4. The van der Waals surface area contributed by atoms with Crippen LogP contribution >= 0.6 is 11.8 Å². The molecule has 7 heteroatoms. The van der Waals surface area contributed by atoms with Gasteiger partial charge in [0.25, 0.3) is 5.89 Å². The largest absolute Gasteiger partial charge is 0.378 e. The van der Waals surface area contributed by atoms with Crippen molar-refractivity contribution in [3.05, 3.63) is 11.7 Å². The number of aryl methyl sites for hydroxylation is 1. The van der Waals surface area contributed by atoms with E-state index in [1.165, 1.54) is 11.8 Å². The molecule has 0 aliphatic carbocycles. The van der Waals surface area contributed by atoms with Gasteiger partial charge in [-0.15, -0.1) is 0 Å². The minimum absolute atomic E-state index is 0.0404. The Hall–Kier alpha value is -1.08. The van der Waals surface area contributed by atoms with E-state index in [9.17, 15) is 9.90 Å². The highest BCUT2D eigenvalue weighted by Crippen LogP contribution is 2.31. The first kappa shape index (κ1) is 14.3. The summed E-state index contributed by atoms with van der Waals surface area (Å²) in [6, 6.07) is 0. The third-order valence-electron chi connectivity index (χ3n) is 3.44. The Labute approximate surface area is 116 Å². The molecule has 0 aromatic carbocycles. The monoisotopic (exact) mass is 285 g/mol. The van der Waals surface area contributed by atoms with Gasteiger partial charge in [-0.25, -0.2) is 0 Å². The first-order chi connectivity index (χ1) is 9.00. The predicted octanol–water partition coefficient (Wildman–Crippen LogP) is 0.803. The molecule has 2 atom stereocenters. The molecule has 2 heterocycles. The van der Waals surface area contributed by atoms with Crippen LogP contribution in [-0.4, -0.2) is 50.6 Å². The maximum Gasteiger partial charge on any atom is 0.260 e. The van der Waals surface area contributed by atoms with Gasteiger partial charge in [-0.1, -0.05) is 12.1 Å². The Morgan fingerprint density at radius 3 is 3.00 bits per heavy atom. The van der Waals surface area contributed by atoms with E-state index in [-0.39, 0.29) is 23.6 Å². The lowest BCUT2D eigenvalue weighted by Crippen LogP contribution is -2.38. The predicted molar refractivity (Wildman–Crippen MR) is 71.7 cm³/mol. The van der Waals surface area contributed by atoms with Crippen LogP contribution in [0.25, 0.3) is 0 Å². The molecule has 0 bridgehead atoms. The van der Waals surface area contributed by atoms with Gasteiger partial charge in [-0.2, -0.15) is 16.7 Å². The fourth-order valence-corrected chi connectivity index (χ4v) is 2.45. The zero-order valence-electron chi connectivity index (χ0n) is 11.4. The van der Waals surface area contributed by atoms with Crippen molar-refractivity contribution in [1.82, 2.24) is 15.0 Å². The summed E-state index contributed by atoms with van der Waals surface area (Å²) in [7, 11) is 0. The van der Waals surface area contributed by atoms with E-state index >= 15 is 0 Å². The van der Waals surface area contributed by atoms with Crippen LogP contribution in [0.2, 0.25) is 0 Å². The first-order valence-electron chi connectivity index (χ1n) is 6.37. The number of carbonyl (C=O) groups is 1. The van der Waals surface area contributed by atoms with Crippen molar-refractivity contribution in [3.8, 4) is 0 Å². The molecule has 6 nitrogen and oxygen atoms in total. The van der Waals surface area contributed by atoms with Crippen molar-refractivity contribution in [2.75, 3.05) is 19.3 Å². The highest BCUT2D eigenvalue weighted by molar-refractivity contribution is 7.99. The number of nitrogens with zero attached hydrogens (tertiary/aromatic N) is 3. The molecule has 2 rings (SSSR count). The van der Waals surface area contributed by atoms with Gasteiger partial charge < -0.3 is 14.5 Å². The topological polar surface area (TPSA) is 79.5 Å². The van der Waals surface area contributed by atoms with Crippen LogP contribution in [0.1, 0.15) is 32.0 Å². The maximum absolute atomic E-state index is 12.1. The number of hydrogen-bond acceptors (Lipinski definition) is 6. The summed E-state index contributed by atoms with van der Waals surface area (Å²) < 4.78 is 5.10. The number of amides is 1. The van der Waals surface area contributed by atoms with Gasteiger partial charge in [0, 0.05) is 19.4 Å². The van der Waals surface area contributed by atoms with Gasteiger partial charge in [0.15, 0.2) is 11.4 Å². The van der Waals surface area contributed by atoms with Crippen LogP contribution in [0.15, 0.2) is 4.52 Å². The molecular formula is C12H19N3O3S. The standard InChI is InChI=1S/C12H19N3O3S/c1-4-9-13-11(18-14-9)12(17)5-6-15(7-12)10(16)8(2)19-3/h8,17H,4-7H2,1-3H3/t8-,12-/m0/s1. The molecule has 1 amide bonds. The van der Waals surface area contributed by atoms with Crippen molar-refractivity contribution in [2.24, 2.45) is 0 Å². The zero-order valence-corrected chi connectivity index (χ0v) is 12.2. The summed E-state index contributed by atoms with van der Waals surface area (Å²) in [6.07, 6.45) is 2.99. The molecule has 1 aromatic rings. The Morgan fingerprint density at radius 1 is 1.68 bits per heavy atom. The zero-order chi connectivity index (χ0) is 14.0. The fourth-order valence-electron chi connectivity index (χ4n) is 2.10. The Morgan fingerprint density at radius 2 is 2.42 bits per heavy atom. The van der Waals surface area contributed by atoms with E-state index in [0.717, 1.165) is 0 Å². The Kier molecular flexibility index (Phi) is 4.15. The summed E-state index contributed by atoms with van der Waals surface area (Å²) in [6.45, 7) is 4.53. The highest BCUT2D eigenvalue weighted by Gasteiger charge is 2.44. The number of thioether (sulfide) groups is 1. The van der Waals surface area contributed by atoms with E-state index < -0.39 is 5.60 Å². The summed E-state index contributed by atoms with van der Waals surface area (Å²) in [5, 5.41) is 14.2. The SMILES string of the molecule is CCc1noc([C@]2(O)CCN(C(=O)[C@H](C)SC)C2)n1. The lowest BCUT2D eigenvalue weighted by Gasteiger charge is -2.21. The molecule has 1 aliphatic heterocycles. The fraction of sp³-hybridized carbons (Fsp3) is 0.750. The molecule has 0 saturated carbocycles. The normalized spacial score (nSPS) is 24.7. The van der Waals surface area contributed by atoms with E-state index in [2.05, 4.69) is 10.1 Å².